The standard InChI is InChI=1S/C15H14N4O/c1-11-13(6-4-10-20)15(18(2)17-11)19-9-7-12-5-3-8-16-14(12)19/h3-10H,1-2H3/b6-4+. The first-order valence-electron chi connectivity index (χ1n) is 6.30. The summed E-state index contributed by atoms with van der Waals surface area (Å²) in [4.78, 5) is 15.0. The topological polar surface area (TPSA) is 52.7 Å². The average Bonchev–Trinajstić information content (AvgIpc) is 2.97. The number of rotatable bonds is 3. The lowest BCUT2D eigenvalue weighted by atomic mass is 10.2. The summed E-state index contributed by atoms with van der Waals surface area (Å²) in [5.74, 6) is 0.898. The Morgan fingerprint density at radius 3 is 2.95 bits per heavy atom. The first-order valence-corrected chi connectivity index (χ1v) is 6.30. The van der Waals surface area contributed by atoms with E-state index in [9.17, 15) is 4.79 Å². The first kappa shape index (κ1) is 12.3. The molecule has 0 radical (unpaired) electrons. The van der Waals surface area contributed by atoms with E-state index in [1.807, 2.05) is 42.9 Å². The summed E-state index contributed by atoms with van der Waals surface area (Å²) in [6, 6.07) is 5.94. The third-order valence-electron chi connectivity index (χ3n) is 3.26. The van der Waals surface area contributed by atoms with E-state index >= 15 is 0 Å². The summed E-state index contributed by atoms with van der Waals surface area (Å²) in [7, 11) is 1.88. The van der Waals surface area contributed by atoms with Crippen LogP contribution < -0.4 is 0 Å². The fraction of sp³-hybridized carbons (Fsp3) is 0.133. The zero-order valence-corrected chi connectivity index (χ0v) is 11.3. The Kier molecular flexibility index (Phi) is 2.95. The van der Waals surface area contributed by atoms with Gasteiger partial charge in [-0.1, -0.05) is 0 Å². The lowest BCUT2D eigenvalue weighted by Crippen LogP contribution is -2.03. The highest BCUT2D eigenvalue weighted by atomic mass is 16.1. The number of nitrogens with zero attached hydrogens (tertiary/aromatic N) is 4. The van der Waals surface area contributed by atoms with Crippen molar-refractivity contribution in [2.75, 3.05) is 0 Å². The molecule has 0 aliphatic heterocycles. The molecule has 0 N–H and O–H groups in total. The fourth-order valence-electron chi connectivity index (χ4n) is 2.42. The van der Waals surface area contributed by atoms with Gasteiger partial charge in [-0.05, 0) is 37.3 Å². The molecule has 0 spiro atoms. The van der Waals surface area contributed by atoms with Crippen molar-refractivity contribution in [3.63, 3.8) is 0 Å². The molecule has 5 nitrogen and oxygen atoms in total. The highest BCUT2D eigenvalue weighted by molar-refractivity contribution is 5.80. The molecule has 0 aliphatic rings. The Labute approximate surface area is 116 Å². The van der Waals surface area contributed by atoms with Crippen LogP contribution in [0.4, 0.5) is 0 Å². The molecule has 0 saturated carbocycles. The van der Waals surface area contributed by atoms with Crippen molar-refractivity contribution in [3.05, 3.63) is 47.9 Å². The molecule has 3 heterocycles. The quantitative estimate of drug-likeness (QED) is 0.540. The minimum Gasteiger partial charge on any atom is -0.299 e. The van der Waals surface area contributed by atoms with Gasteiger partial charge in [-0.2, -0.15) is 5.10 Å². The number of carbonyl (C=O) groups excluding carboxylic acids is 1. The summed E-state index contributed by atoms with van der Waals surface area (Å²) in [6.07, 6.45) is 7.75. The predicted octanol–water partition coefficient (Wildman–Crippen LogP) is 2.28. The fourth-order valence-corrected chi connectivity index (χ4v) is 2.42. The number of hydrogen-bond donors (Lipinski definition) is 0. The Morgan fingerprint density at radius 2 is 2.15 bits per heavy atom. The van der Waals surface area contributed by atoms with Gasteiger partial charge in [0.05, 0.1) is 5.69 Å². The summed E-state index contributed by atoms with van der Waals surface area (Å²) in [5, 5.41) is 5.49. The number of fused-ring (bicyclic) bond motifs is 1. The number of aromatic nitrogens is 4. The van der Waals surface area contributed by atoms with Crippen LogP contribution in [0, 0.1) is 6.92 Å². The second-order valence-corrected chi connectivity index (χ2v) is 4.54. The second-order valence-electron chi connectivity index (χ2n) is 4.54. The van der Waals surface area contributed by atoms with E-state index in [1.165, 1.54) is 6.08 Å². The summed E-state index contributed by atoms with van der Waals surface area (Å²) >= 11 is 0. The molecule has 0 atom stereocenters. The monoisotopic (exact) mass is 266 g/mol. The van der Waals surface area contributed by atoms with Crippen molar-refractivity contribution in [2.45, 2.75) is 6.92 Å². The van der Waals surface area contributed by atoms with Gasteiger partial charge in [0.1, 0.15) is 17.8 Å². The Balaban J connectivity index is 2.29. The van der Waals surface area contributed by atoms with Crippen LogP contribution in [0.1, 0.15) is 11.3 Å². The van der Waals surface area contributed by atoms with Gasteiger partial charge in [0, 0.05) is 30.4 Å². The second kappa shape index (κ2) is 4.77. The summed E-state index contributed by atoms with van der Waals surface area (Å²) < 4.78 is 3.79. The zero-order chi connectivity index (χ0) is 14.1. The van der Waals surface area contributed by atoms with Gasteiger partial charge in [-0.3, -0.25) is 14.0 Å². The largest absolute Gasteiger partial charge is 0.299 e. The van der Waals surface area contributed by atoms with Crippen molar-refractivity contribution >= 4 is 23.4 Å². The average molecular weight is 266 g/mol. The van der Waals surface area contributed by atoms with E-state index in [-0.39, 0.29) is 0 Å². The molecule has 0 unspecified atom stereocenters. The third kappa shape index (κ3) is 1.84. The Hall–Kier alpha value is -2.69. The van der Waals surface area contributed by atoms with Gasteiger partial charge in [-0.15, -0.1) is 0 Å². The van der Waals surface area contributed by atoms with Crippen LogP contribution in [0.15, 0.2) is 36.7 Å². The molecule has 0 fully saturated rings. The van der Waals surface area contributed by atoms with Gasteiger partial charge in [0.2, 0.25) is 0 Å². The van der Waals surface area contributed by atoms with Crippen LogP contribution in [0.25, 0.3) is 22.9 Å². The van der Waals surface area contributed by atoms with Gasteiger partial charge in [-0.25, -0.2) is 4.98 Å². The Morgan fingerprint density at radius 1 is 1.30 bits per heavy atom. The maximum absolute atomic E-state index is 10.6. The van der Waals surface area contributed by atoms with Crippen LogP contribution in [0.5, 0.6) is 0 Å². The van der Waals surface area contributed by atoms with Gasteiger partial charge in [0.25, 0.3) is 0 Å². The molecule has 0 amide bonds. The molecule has 0 aliphatic carbocycles. The van der Waals surface area contributed by atoms with E-state index < -0.39 is 0 Å². The molecule has 0 saturated heterocycles. The van der Waals surface area contributed by atoms with E-state index in [2.05, 4.69) is 10.1 Å². The number of pyridine rings is 1. The first-order chi connectivity index (χ1) is 9.72. The molecule has 3 aromatic heterocycles. The van der Waals surface area contributed by atoms with E-state index in [1.54, 1.807) is 17.0 Å². The number of allylic oxidation sites excluding steroid dienone is 1. The predicted molar refractivity (Wildman–Crippen MR) is 77.7 cm³/mol. The highest BCUT2D eigenvalue weighted by Gasteiger charge is 2.14. The lowest BCUT2D eigenvalue weighted by molar-refractivity contribution is -0.104. The SMILES string of the molecule is Cc1nn(C)c(-n2ccc3cccnc32)c1/C=C/C=O. The number of carbonyl (C=O) groups is 1. The van der Waals surface area contributed by atoms with Crippen LogP contribution >= 0.6 is 0 Å². The van der Waals surface area contributed by atoms with Crippen LogP contribution in [0.2, 0.25) is 0 Å². The number of aldehydes is 1. The maximum Gasteiger partial charge on any atom is 0.145 e. The summed E-state index contributed by atoms with van der Waals surface area (Å²) in [6.45, 7) is 1.92. The van der Waals surface area contributed by atoms with Crippen LogP contribution in [-0.4, -0.2) is 25.6 Å². The molecule has 0 bridgehead atoms. The molecular formula is C15H14N4O. The molecule has 100 valence electrons. The van der Waals surface area contributed by atoms with Gasteiger partial charge < -0.3 is 0 Å². The van der Waals surface area contributed by atoms with Crippen molar-refractivity contribution < 1.29 is 4.79 Å². The third-order valence-corrected chi connectivity index (χ3v) is 3.26. The van der Waals surface area contributed by atoms with Crippen LogP contribution in [0.3, 0.4) is 0 Å². The van der Waals surface area contributed by atoms with Gasteiger partial charge >= 0.3 is 0 Å². The molecular weight excluding hydrogens is 252 g/mol. The maximum atomic E-state index is 10.6. The minimum absolute atomic E-state index is 0.766. The molecule has 5 heteroatoms. The molecule has 3 aromatic rings. The number of hydrogen-bond acceptors (Lipinski definition) is 3. The Bertz CT molecular complexity index is 811. The van der Waals surface area contributed by atoms with Crippen LogP contribution in [-0.2, 0) is 11.8 Å². The van der Waals surface area contributed by atoms with Gasteiger partial charge in [0.15, 0.2) is 0 Å². The van der Waals surface area contributed by atoms with E-state index in [0.29, 0.717) is 0 Å². The molecule has 0 aromatic carbocycles. The van der Waals surface area contributed by atoms with Crippen molar-refractivity contribution in [1.29, 1.82) is 0 Å². The zero-order valence-electron chi connectivity index (χ0n) is 11.3. The highest BCUT2D eigenvalue weighted by Crippen LogP contribution is 2.24. The van der Waals surface area contributed by atoms with Crippen molar-refractivity contribution in [3.8, 4) is 5.82 Å². The number of aryl methyl sites for hydroxylation is 2. The van der Waals surface area contributed by atoms with Crippen molar-refractivity contribution in [2.24, 2.45) is 7.05 Å². The smallest absolute Gasteiger partial charge is 0.145 e. The van der Waals surface area contributed by atoms with Crippen molar-refractivity contribution in [1.82, 2.24) is 19.3 Å². The minimum atomic E-state index is 0.766. The van der Waals surface area contributed by atoms with E-state index in [4.69, 9.17) is 0 Å². The van der Waals surface area contributed by atoms with E-state index in [0.717, 1.165) is 34.4 Å². The molecule has 20 heavy (non-hydrogen) atoms. The normalized spacial score (nSPS) is 11.5. The summed E-state index contributed by atoms with van der Waals surface area (Å²) in [5.41, 5.74) is 2.66. The lowest BCUT2D eigenvalue weighted by Gasteiger charge is -2.06. The molecule has 3 rings (SSSR count).